The molecule has 0 aliphatic heterocycles. The number of carbonyl (C=O) groups is 1. The quantitative estimate of drug-likeness (QED) is 0.184. The zero-order valence-electron chi connectivity index (χ0n) is 9.90. The normalized spacial score (nSPS) is 13.5. The largest absolute Gasteiger partial charge is 0.409 e. The number of nitrogens with two attached hydrogens (primary N) is 1. The van der Waals surface area contributed by atoms with Crippen LogP contribution in [0.25, 0.3) is 0 Å². The summed E-state index contributed by atoms with van der Waals surface area (Å²) < 4.78 is 5.13. The van der Waals surface area contributed by atoms with Crippen LogP contribution in [0, 0.1) is 5.92 Å². The number of oxime groups is 1. The molecule has 0 rings (SSSR count). The minimum Gasteiger partial charge on any atom is -0.409 e. The van der Waals surface area contributed by atoms with Gasteiger partial charge in [0, 0.05) is 19.8 Å². The van der Waals surface area contributed by atoms with Gasteiger partial charge in [0.15, 0.2) is 5.84 Å². The van der Waals surface area contributed by atoms with Gasteiger partial charge < -0.3 is 21.0 Å². The van der Waals surface area contributed by atoms with E-state index in [-0.39, 0.29) is 11.7 Å². The summed E-state index contributed by atoms with van der Waals surface area (Å²) in [5, 5.41) is 14.1. The minimum atomic E-state index is -0.558. The molecule has 0 aliphatic carbocycles. The third-order valence-electron chi connectivity index (χ3n) is 2.17. The first-order valence-corrected chi connectivity index (χ1v) is 5.50. The molecule has 1 amide bonds. The molecule has 0 spiro atoms. The van der Waals surface area contributed by atoms with Gasteiger partial charge in [-0.2, -0.15) is 0 Å². The van der Waals surface area contributed by atoms with Crippen LogP contribution in [0.2, 0.25) is 0 Å². The fourth-order valence-corrected chi connectivity index (χ4v) is 1.25. The van der Waals surface area contributed by atoms with Crippen molar-refractivity contribution in [2.75, 3.05) is 19.8 Å². The number of nitrogens with zero attached hydrogens (tertiary/aromatic N) is 1. The molecule has 0 aromatic carbocycles. The van der Waals surface area contributed by atoms with Gasteiger partial charge in [0.05, 0.1) is 5.92 Å². The summed E-state index contributed by atoms with van der Waals surface area (Å²) in [6.07, 6.45) is 1.26. The van der Waals surface area contributed by atoms with E-state index in [2.05, 4.69) is 10.5 Å². The van der Waals surface area contributed by atoms with E-state index in [0.29, 0.717) is 26.2 Å². The molecule has 0 heterocycles. The summed E-state index contributed by atoms with van der Waals surface area (Å²) in [4.78, 5) is 11.6. The van der Waals surface area contributed by atoms with Crippen molar-refractivity contribution in [3.8, 4) is 0 Å². The summed E-state index contributed by atoms with van der Waals surface area (Å²) in [5.41, 5.74) is 5.40. The first-order chi connectivity index (χ1) is 7.67. The molecule has 6 nitrogen and oxygen atoms in total. The van der Waals surface area contributed by atoms with E-state index in [9.17, 15) is 4.79 Å². The standard InChI is InChI=1S/C10H21N3O3/c1-3-8(9(11)13-15)10(14)12-6-5-7-16-4-2/h8,15H,3-7H2,1-2H3,(H2,11,13)(H,12,14). The number of hydrogen-bond donors (Lipinski definition) is 3. The van der Waals surface area contributed by atoms with Gasteiger partial charge in [-0.25, -0.2) is 0 Å². The van der Waals surface area contributed by atoms with Gasteiger partial charge in [0.2, 0.25) is 5.91 Å². The molecule has 0 fully saturated rings. The Kier molecular flexibility index (Phi) is 8.24. The molecule has 0 saturated heterocycles. The Labute approximate surface area is 95.8 Å². The summed E-state index contributed by atoms with van der Waals surface area (Å²) in [5.74, 6) is -0.823. The molecule has 94 valence electrons. The van der Waals surface area contributed by atoms with Crippen molar-refractivity contribution in [1.29, 1.82) is 0 Å². The maximum absolute atomic E-state index is 11.6. The molecule has 1 atom stereocenters. The number of nitrogens with one attached hydrogen (secondary N) is 1. The van der Waals surface area contributed by atoms with Crippen LogP contribution in [0.1, 0.15) is 26.7 Å². The summed E-state index contributed by atoms with van der Waals surface area (Å²) in [7, 11) is 0. The molecule has 4 N–H and O–H groups in total. The van der Waals surface area contributed by atoms with Crippen LogP contribution in [-0.4, -0.2) is 36.7 Å². The van der Waals surface area contributed by atoms with Gasteiger partial charge in [-0.15, -0.1) is 0 Å². The lowest BCUT2D eigenvalue weighted by Gasteiger charge is -2.13. The maximum atomic E-state index is 11.6. The third-order valence-corrected chi connectivity index (χ3v) is 2.17. The van der Waals surface area contributed by atoms with Crippen molar-refractivity contribution in [3.63, 3.8) is 0 Å². The Bertz CT molecular complexity index is 231. The smallest absolute Gasteiger partial charge is 0.230 e. The van der Waals surface area contributed by atoms with E-state index in [1.807, 2.05) is 13.8 Å². The number of amides is 1. The van der Waals surface area contributed by atoms with Gasteiger partial charge in [-0.1, -0.05) is 12.1 Å². The second-order valence-electron chi connectivity index (χ2n) is 3.33. The van der Waals surface area contributed by atoms with Crippen molar-refractivity contribution in [3.05, 3.63) is 0 Å². The highest BCUT2D eigenvalue weighted by Crippen LogP contribution is 2.02. The van der Waals surface area contributed by atoms with E-state index in [0.717, 1.165) is 6.42 Å². The van der Waals surface area contributed by atoms with E-state index in [1.54, 1.807) is 0 Å². The van der Waals surface area contributed by atoms with Crippen molar-refractivity contribution in [2.45, 2.75) is 26.7 Å². The predicted octanol–water partition coefficient (Wildman–Crippen LogP) is 0.302. The van der Waals surface area contributed by atoms with Crippen molar-refractivity contribution >= 4 is 11.7 Å². The fourth-order valence-electron chi connectivity index (χ4n) is 1.25. The number of ether oxygens (including phenoxy) is 1. The topological polar surface area (TPSA) is 96.9 Å². The van der Waals surface area contributed by atoms with Crippen LogP contribution in [0.4, 0.5) is 0 Å². The van der Waals surface area contributed by atoms with Gasteiger partial charge >= 0.3 is 0 Å². The molecule has 0 radical (unpaired) electrons. The molecular weight excluding hydrogens is 210 g/mol. The molecule has 0 aromatic rings. The van der Waals surface area contributed by atoms with Crippen molar-refractivity contribution in [1.82, 2.24) is 5.32 Å². The van der Waals surface area contributed by atoms with Crippen molar-refractivity contribution < 1.29 is 14.7 Å². The second kappa shape index (κ2) is 8.96. The lowest BCUT2D eigenvalue weighted by atomic mass is 10.0. The predicted molar refractivity (Wildman–Crippen MR) is 61.3 cm³/mol. The van der Waals surface area contributed by atoms with Gasteiger partial charge in [-0.3, -0.25) is 4.79 Å². The highest BCUT2D eigenvalue weighted by atomic mass is 16.5. The third kappa shape index (κ3) is 5.55. The monoisotopic (exact) mass is 231 g/mol. The highest BCUT2D eigenvalue weighted by Gasteiger charge is 2.20. The van der Waals surface area contributed by atoms with Crippen LogP contribution in [-0.2, 0) is 9.53 Å². The van der Waals surface area contributed by atoms with E-state index < -0.39 is 5.92 Å². The maximum Gasteiger partial charge on any atom is 0.230 e. The van der Waals surface area contributed by atoms with Gasteiger partial charge in [0.1, 0.15) is 0 Å². The molecule has 0 aromatic heterocycles. The molecule has 0 saturated carbocycles. The van der Waals surface area contributed by atoms with E-state index >= 15 is 0 Å². The zero-order valence-corrected chi connectivity index (χ0v) is 9.90. The number of hydrogen-bond acceptors (Lipinski definition) is 4. The lowest BCUT2D eigenvalue weighted by Crippen LogP contribution is -2.39. The zero-order chi connectivity index (χ0) is 12.4. The number of amidine groups is 1. The summed E-state index contributed by atoms with van der Waals surface area (Å²) >= 11 is 0. The van der Waals surface area contributed by atoms with Crippen LogP contribution in [0.5, 0.6) is 0 Å². The Balaban J connectivity index is 3.85. The lowest BCUT2D eigenvalue weighted by molar-refractivity contribution is -0.123. The average molecular weight is 231 g/mol. The Morgan fingerprint density at radius 1 is 1.56 bits per heavy atom. The SMILES string of the molecule is CCOCCCNC(=O)C(CC)C(N)=NO. The molecule has 0 bridgehead atoms. The van der Waals surface area contributed by atoms with Crippen LogP contribution < -0.4 is 11.1 Å². The first kappa shape index (κ1) is 14.7. The Morgan fingerprint density at radius 2 is 2.25 bits per heavy atom. The minimum absolute atomic E-state index is 0.0511. The molecular formula is C10H21N3O3. The Hall–Kier alpha value is -1.30. The molecule has 16 heavy (non-hydrogen) atoms. The molecule has 0 aliphatic rings. The van der Waals surface area contributed by atoms with Crippen LogP contribution in [0.3, 0.4) is 0 Å². The van der Waals surface area contributed by atoms with Crippen LogP contribution in [0.15, 0.2) is 5.16 Å². The summed E-state index contributed by atoms with van der Waals surface area (Å²) in [6.45, 7) is 5.56. The average Bonchev–Trinajstić information content (AvgIpc) is 2.29. The fraction of sp³-hybridized carbons (Fsp3) is 0.800. The first-order valence-electron chi connectivity index (χ1n) is 5.50. The number of rotatable bonds is 8. The second-order valence-corrected chi connectivity index (χ2v) is 3.33. The summed E-state index contributed by atoms with van der Waals surface area (Å²) in [6, 6.07) is 0. The molecule has 6 heteroatoms. The molecule has 1 unspecified atom stereocenters. The highest BCUT2D eigenvalue weighted by molar-refractivity contribution is 6.01. The van der Waals surface area contributed by atoms with E-state index in [1.165, 1.54) is 0 Å². The van der Waals surface area contributed by atoms with Gasteiger partial charge in [-0.05, 0) is 19.8 Å². The van der Waals surface area contributed by atoms with Crippen molar-refractivity contribution in [2.24, 2.45) is 16.8 Å². The Morgan fingerprint density at radius 3 is 2.75 bits per heavy atom. The van der Waals surface area contributed by atoms with Crippen LogP contribution >= 0.6 is 0 Å². The van der Waals surface area contributed by atoms with Gasteiger partial charge in [0.25, 0.3) is 0 Å². The van der Waals surface area contributed by atoms with E-state index in [4.69, 9.17) is 15.7 Å². The number of carbonyl (C=O) groups excluding carboxylic acids is 1.